The Morgan fingerprint density at radius 2 is 2.00 bits per heavy atom. The third kappa shape index (κ3) is 2.57. The number of hydrogen-bond acceptors (Lipinski definition) is 3. The molecule has 2 aromatic rings. The van der Waals surface area contributed by atoms with Crippen molar-refractivity contribution >= 4 is 11.7 Å². The molecular formula is C15H14FNO2. The second kappa shape index (κ2) is 5.10. The first-order chi connectivity index (χ1) is 9.02. The molecule has 0 aliphatic heterocycles. The van der Waals surface area contributed by atoms with Crippen LogP contribution in [-0.4, -0.2) is 13.1 Å². The highest BCUT2D eigenvalue weighted by Crippen LogP contribution is 2.27. The van der Waals surface area contributed by atoms with Crippen LogP contribution in [0.4, 0.5) is 10.1 Å². The Kier molecular flexibility index (Phi) is 3.51. The van der Waals surface area contributed by atoms with E-state index in [1.54, 1.807) is 19.1 Å². The first-order valence-electron chi connectivity index (χ1n) is 5.77. The summed E-state index contributed by atoms with van der Waals surface area (Å²) in [6.07, 6.45) is 0. The summed E-state index contributed by atoms with van der Waals surface area (Å²) in [5, 5.41) is 0. The highest BCUT2D eigenvalue weighted by molar-refractivity contribution is 5.91. The van der Waals surface area contributed by atoms with Gasteiger partial charge in [0.05, 0.1) is 12.7 Å². The minimum atomic E-state index is -0.692. The highest BCUT2D eigenvalue weighted by Gasteiger charge is 2.15. The lowest BCUT2D eigenvalue weighted by atomic mass is 9.97. The number of ether oxygens (including phenoxy) is 1. The number of anilines is 1. The van der Waals surface area contributed by atoms with Crippen LogP contribution in [0.3, 0.4) is 0 Å². The van der Waals surface area contributed by atoms with Gasteiger partial charge >= 0.3 is 5.97 Å². The molecule has 2 aromatic carbocycles. The zero-order chi connectivity index (χ0) is 14.0. The maximum atomic E-state index is 13.7. The fourth-order valence-electron chi connectivity index (χ4n) is 1.96. The molecule has 0 fully saturated rings. The van der Waals surface area contributed by atoms with Crippen LogP contribution in [0.1, 0.15) is 15.9 Å². The van der Waals surface area contributed by atoms with Crippen molar-refractivity contribution < 1.29 is 13.9 Å². The molecule has 4 heteroatoms. The fraction of sp³-hybridized carbons (Fsp3) is 0.133. The molecule has 0 radical (unpaired) electrons. The maximum absolute atomic E-state index is 13.7. The van der Waals surface area contributed by atoms with Crippen LogP contribution in [0, 0.1) is 12.7 Å². The Balaban J connectivity index is 2.61. The van der Waals surface area contributed by atoms with E-state index in [9.17, 15) is 9.18 Å². The largest absolute Gasteiger partial charge is 0.465 e. The standard InChI is InChI=1S/C15H14FNO2/c1-9-6-14(16)13(15(18)19-2)8-12(9)10-4-3-5-11(17)7-10/h3-8H,17H2,1-2H3. The number of hydrogen-bond donors (Lipinski definition) is 1. The van der Waals surface area contributed by atoms with Gasteiger partial charge in [0, 0.05) is 5.69 Å². The van der Waals surface area contributed by atoms with E-state index in [4.69, 9.17) is 5.73 Å². The second-order valence-corrected chi connectivity index (χ2v) is 4.26. The molecule has 0 heterocycles. The summed E-state index contributed by atoms with van der Waals surface area (Å²) in [6, 6.07) is 10.0. The van der Waals surface area contributed by atoms with Crippen molar-refractivity contribution in [2.45, 2.75) is 6.92 Å². The molecule has 19 heavy (non-hydrogen) atoms. The van der Waals surface area contributed by atoms with Gasteiger partial charge in [-0.1, -0.05) is 12.1 Å². The lowest BCUT2D eigenvalue weighted by Gasteiger charge is -2.10. The minimum Gasteiger partial charge on any atom is -0.465 e. The average molecular weight is 259 g/mol. The zero-order valence-corrected chi connectivity index (χ0v) is 10.7. The Bertz CT molecular complexity index is 638. The molecule has 0 atom stereocenters. The van der Waals surface area contributed by atoms with Crippen molar-refractivity contribution in [1.82, 2.24) is 0 Å². The molecule has 3 nitrogen and oxygen atoms in total. The van der Waals surface area contributed by atoms with Gasteiger partial charge in [-0.3, -0.25) is 0 Å². The van der Waals surface area contributed by atoms with Crippen molar-refractivity contribution in [3.63, 3.8) is 0 Å². The summed E-state index contributed by atoms with van der Waals surface area (Å²) >= 11 is 0. The van der Waals surface area contributed by atoms with E-state index in [-0.39, 0.29) is 5.56 Å². The van der Waals surface area contributed by atoms with Crippen molar-refractivity contribution in [2.24, 2.45) is 0 Å². The molecule has 0 aliphatic carbocycles. The summed E-state index contributed by atoms with van der Waals surface area (Å²) in [7, 11) is 1.22. The van der Waals surface area contributed by atoms with E-state index in [0.29, 0.717) is 5.69 Å². The molecule has 0 aromatic heterocycles. The van der Waals surface area contributed by atoms with Gasteiger partial charge in [0.2, 0.25) is 0 Å². The van der Waals surface area contributed by atoms with Gasteiger partial charge in [-0.2, -0.15) is 0 Å². The average Bonchev–Trinajstić information content (AvgIpc) is 2.38. The normalized spacial score (nSPS) is 10.3. The van der Waals surface area contributed by atoms with Crippen LogP contribution < -0.4 is 5.73 Å². The van der Waals surface area contributed by atoms with E-state index in [0.717, 1.165) is 16.7 Å². The summed E-state index contributed by atoms with van der Waals surface area (Å²) in [5.41, 5.74) is 8.59. The zero-order valence-electron chi connectivity index (χ0n) is 10.7. The minimum absolute atomic E-state index is 0.0782. The van der Waals surface area contributed by atoms with Gasteiger partial charge in [-0.15, -0.1) is 0 Å². The molecule has 2 rings (SSSR count). The Morgan fingerprint density at radius 3 is 2.63 bits per heavy atom. The Hall–Kier alpha value is -2.36. The molecule has 0 aliphatic rings. The second-order valence-electron chi connectivity index (χ2n) is 4.26. The number of nitrogen functional groups attached to an aromatic ring is 1. The van der Waals surface area contributed by atoms with E-state index in [1.165, 1.54) is 19.2 Å². The maximum Gasteiger partial charge on any atom is 0.340 e. The van der Waals surface area contributed by atoms with Gasteiger partial charge in [-0.05, 0) is 47.9 Å². The van der Waals surface area contributed by atoms with Crippen molar-refractivity contribution in [2.75, 3.05) is 12.8 Å². The van der Waals surface area contributed by atoms with E-state index in [2.05, 4.69) is 4.74 Å². The molecule has 0 unspecified atom stereocenters. The summed E-state index contributed by atoms with van der Waals surface area (Å²) < 4.78 is 18.3. The predicted octanol–water partition coefficient (Wildman–Crippen LogP) is 3.17. The number of carbonyl (C=O) groups is 1. The third-order valence-corrected chi connectivity index (χ3v) is 2.92. The van der Waals surface area contributed by atoms with Crippen molar-refractivity contribution in [3.05, 3.63) is 53.3 Å². The summed E-state index contributed by atoms with van der Waals surface area (Å²) in [6.45, 7) is 1.78. The van der Waals surface area contributed by atoms with Crippen LogP contribution in [0.5, 0.6) is 0 Å². The first-order valence-corrected chi connectivity index (χ1v) is 5.77. The molecule has 0 spiro atoms. The van der Waals surface area contributed by atoms with Gasteiger partial charge in [-0.25, -0.2) is 9.18 Å². The first kappa shape index (κ1) is 13.1. The molecule has 0 bridgehead atoms. The predicted molar refractivity (Wildman–Crippen MR) is 72.3 cm³/mol. The van der Waals surface area contributed by atoms with Crippen LogP contribution >= 0.6 is 0 Å². The van der Waals surface area contributed by atoms with Gasteiger partial charge < -0.3 is 10.5 Å². The van der Waals surface area contributed by atoms with E-state index < -0.39 is 11.8 Å². The molecule has 2 N–H and O–H groups in total. The number of esters is 1. The summed E-state index contributed by atoms with van der Waals surface area (Å²) in [5.74, 6) is -1.28. The highest BCUT2D eigenvalue weighted by atomic mass is 19.1. The topological polar surface area (TPSA) is 52.3 Å². The number of nitrogens with two attached hydrogens (primary N) is 1. The lowest BCUT2D eigenvalue weighted by molar-refractivity contribution is 0.0595. The number of rotatable bonds is 2. The number of methoxy groups -OCH3 is 1. The number of aryl methyl sites for hydroxylation is 1. The van der Waals surface area contributed by atoms with Gasteiger partial charge in [0.25, 0.3) is 0 Å². The van der Waals surface area contributed by atoms with Crippen LogP contribution in [0.15, 0.2) is 36.4 Å². The lowest BCUT2D eigenvalue weighted by Crippen LogP contribution is -2.05. The number of halogens is 1. The Labute approximate surface area is 110 Å². The van der Waals surface area contributed by atoms with Crippen molar-refractivity contribution in [1.29, 1.82) is 0 Å². The van der Waals surface area contributed by atoms with Crippen LogP contribution in [0.25, 0.3) is 11.1 Å². The molecule has 0 amide bonds. The third-order valence-electron chi connectivity index (χ3n) is 2.92. The number of carbonyl (C=O) groups excluding carboxylic acids is 1. The Morgan fingerprint density at radius 1 is 1.26 bits per heavy atom. The van der Waals surface area contributed by atoms with E-state index in [1.807, 2.05) is 12.1 Å². The van der Waals surface area contributed by atoms with Gasteiger partial charge in [0.1, 0.15) is 5.82 Å². The number of benzene rings is 2. The molecule has 0 saturated heterocycles. The SMILES string of the molecule is COC(=O)c1cc(-c2cccc(N)c2)c(C)cc1F. The quantitative estimate of drug-likeness (QED) is 0.665. The monoisotopic (exact) mass is 259 g/mol. The van der Waals surface area contributed by atoms with Gasteiger partial charge in [0.15, 0.2) is 0 Å². The fourth-order valence-corrected chi connectivity index (χ4v) is 1.96. The molecular weight excluding hydrogens is 245 g/mol. The smallest absolute Gasteiger partial charge is 0.340 e. The van der Waals surface area contributed by atoms with Crippen molar-refractivity contribution in [3.8, 4) is 11.1 Å². The van der Waals surface area contributed by atoms with E-state index >= 15 is 0 Å². The summed E-state index contributed by atoms with van der Waals surface area (Å²) in [4.78, 5) is 11.5. The van der Waals surface area contributed by atoms with Crippen LogP contribution in [-0.2, 0) is 4.74 Å². The molecule has 0 saturated carbocycles. The van der Waals surface area contributed by atoms with Crippen LogP contribution in [0.2, 0.25) is 0 Å². The molecule has 98 valence electrons.